The fraction of sp³-hybridized carbons (Fsp3) is 0.533. The molecule has 0 amide bonds. The lowest BCUT2D eigenvalue weighted by molar-refractivity contribution is 0.611. The van der Waals surface area contributed by atoms with Crippen molar-refractivity contribution >= 4 is 29.9 Å². The summed E-state index contributed by atoms with van der Waals surface area (Å²) in [6.07, 6.45) is 5.03. The van der Waals surface area contributed by atoms with E-state index >= 15 is 0 Å². The first kappa shape index (κ1) is 17.2. The first-order valence-corrected chi connectivity index (χ1v) is 6.91. The molecule has 0 saturated heterocycles. The van der Waals surface area contributed by atoms with E-state index in [1.807, 2.05) is 6.07 Å². The molecule has 1 saturated carbocycles. The van der Waals surface area contributed by atoms with Crippen molar-refractivity contribution in [3.05, 3.63) is 35.1 Å². The average molecular weight is 391 g/mol. The van der Waals surface area contributed by atoms with Gasteiger partial charge in [0.1, 0.15) is 5.82 Å². The molecule has 0 aromatic heterocycles. The number of rotatable bonds is 3. The van der Waals surface area contributed by atoms with Gasteiger partial charge in [0.15, 0.2) is 5.96 Å². The molecule has 112 valence electrons. The number of guanidine groups is 1. The van der Waals surface area contributed by atoms with Crippen LogP contribution in [0.1, 0.15) is 36.8 Å². The van der Waals surface area contributed by atoms with Crippen molar-refractivity contribution in [2.45, 2.75) is 45.2 Å². The highest BCUT2D eigenvalue weighted by atomic mass is 127. The van der Waals surface area contributed by atoms with Gasteiger partial charge in [0, 0.05) is 19.6 Å². The van der Waals surface area contributed by atoms with Crippen LogP contribution in [-0.4, -0.2) is 19.0 Å². The number of aryl methyl sites for hydroxylation is 1. The van der Waals surface area contributed by atoms with E-state index in [2.05, 4.69) is 15.6 Å². The summed E-state index contributed by atoms with van der Waals surface area (Å²) >= 11 is 0. The Balaban J connectivity index is 0.00000200. The van der Waals surface area contributed by atoms with Crippen LogP contribution in [-0.2, 0) is 6.54 Å². The molecule has 0 bridgehead atoms. The Hall–Kier alpha value is -0.850. The summed E-state index contributed by atoms with van der Waals surface area (Å²) < 4.78 is 13.2. The Labute approximate surface area is 137 Å². The van der Waals surface area contributed by atoms with Gasteiger partial charge < -0.3 is 10.6 Å². The number of nitrogens with zero attached hydrogens (tertiary/aromatic N) is 1. The summed E-state index contributed by atoms with van der Waals surface area (Å²) in [7, 11) is 1.78. The largest absolute Gasteiger partial charge is 0.354 e. The van der Waals surface area contributed by atoms with Crippen molar-refractivity contribution in [3.8, 4) is 0 Å². The molecule has 0 aliphatic heterocycles. The van der Waals surface area contributed by atoms with Gasteiger partial charge in [-0.25, -0.2) is 4.39 Å². The lowest BCUT2D eigenvalue weighted by Gasteiger charge is -2.17. The van der Waals surface area contributed by atoms with Crippen LogP contribution in [0.5, 0.6) is 0 Å². The highest BCUT2D eigenvalue weighted by Crippen LogP contribution is 2.17. The predicted molar refractivity (Wildman–Crippen MR) is 92.1 cm³/mol. The summed E-state index contributed by atoms with van der Waals surface area (Å²) in [4.78, 5) is 4.23. The van der Waals surface area contributed by atoms with Gasteiger partial charge in [-0.1, -0.05) is 25.0 Å². The zero-order valence-corrected chi connectivity index (χ0v) is 14.4. The maximum absolute atomic E-state index is 13.2. The summed E-state index contributed by atoms with van der Waals surface area (Å²) in [5.41, 5.74) is 1.74. The van der Waals surface area contributed by atoms with E-state index in [9.17, 15) is 4.39 Å². The quantitative estimate of drug-likeness (QED) is 0.471. The number of benzene rings is 1. The number of halogens is 2. The Morgan fingerprint density at radius 1 is 1.35 bits per heavy atom. The standard InChI is InChI=1S/C15H22FN3.HI/c1-11-9-12(7-8-14(11)16)10-18-15(17-2)19-13-5-3-4-6-13;/h7-9,13H,3-6,10H2,1-2H3,(H2,17,18,19);1H. The van der Waals surface area contributed by atoms with Crippen molar-refractivity contribution in [2.75, 3.05) is 7.05 Å². The van der Waals surface area contributed by atoms with Crippen LogP contribution in [0.2, 0.25) is 0 Å². The zero-order valence-electron chi connectivity index (χ0n) is 12.1. The first-order valence-electron chi connectivity index (χ1n) is 6.91. The van der Waals surface area contributed by atoms with E-state index in [1.54, 1.807) is 20.0 Å². The van der Waals surface area contributed by atoms with Crippen LogP contribution in [0.15, 0.2) is 23.2 Å². The van der Waals surface area contributed by atoms with Gasteiger partial charge in [-0.05, 0) is 37.0 Å². The van der Waals surface area contributed by atoms with Crippen molar-refractivity contribution < 1.29 is 4.39 Å². The topological polar surface area (TPSA) is 36.4 Å². The van der Waals surface area contributed by atoms with Crippen LogP contribution in [0.4, 0.5) is 4.39 Å². The SMILES string of the molecule is CN=C(NCc1ccc(F)c(C)c1)NC1CCCC1.I. The highest BCUT2D eigenvalue weighted by molar-refractivity contribution is 14.0. The van der Waals surface area contributed by atoms with Crippen molar-refractivity contribution in [1.29, 1.82) is 0 Å². The minimum atomic E-state index is -0.155. The van der Waals surface area contributed by atoms with Gasteiger partial charge in [-0.3, -0.25) is 4.99 Å². The molecule has 0 atom stereocenters. The highest BCUT2D eigenvalue weighted by Gasteiger charge is 2.15. The van der Waals surface area contributed by atoms with Crippen LogP contribution < -0.4 is 10.6 Å². The second-order valence-corrected chi connectivity index (χ2v) is 5.14. The normalized spacial score (nSPS) is 15.8. The minimum Gasteiger partial charge on any atom is -0.354 e. The fourth-order valence-electron chi connectivity index (χ4n) is 2.46. The lowest BCUT2D eigenvalue weighted by Crippen LogP contribution is -2.41. The van der Waals surface area contributed by atoms with Crippen LogP contribution in [0.3, 0.4) is 0 Å². The van der Waals surface area contributed by atoms with Crippen molar-refractivity contribution in [1.82, 2.24) is 10.6 Å². The maximum Gasteiger partial charge on any atom is 0.191 e. The van der Waals surface area contributed by atoms with Crippen LogP contribution >= 0.6 is 24.0 Å². The molecule has 1 aliphatic carbocycles. The first-order chi connectivity index (χ1) is 9.19. The maximum atomic E-state index is 13.2. The smallest absolute Gasteiger partial charge is 0.191 e. The molecule has 20 heavy (non-hydrogen) atoms. The number of hydrogen-bond donors (Lipinski definition) is 2. The summed E-state index contributed by atoms with van der Waals surface area (Å²) in [5, 5.41) is 6.70. The molecular formula is C15H23FIN3. The molecule has 0 radical (unpaired) electrons. The van der Waals surface area contributed by atoms with E-state index in [0.717, 1.165) is 11.5 Å². The third-order valence-electron chi connectivity index (χ3n) is 3.60. The Morgan fingerprint density at radius 3 is 2.65 bits per heavy atom. The molecule has 1 aromatic rings. The van der Waals surface area contributed by atoms with E-state index in [4.69, 9.17) is 0 Å². The molecular weight excluding hydrogens is 368 g/mol. The summed E-state index contributed by atoms with van der Waals surface area (Å²) in [6.45, 7) is 2.44. The van der Waals surface area contributed by atoms with E-state index < -0.39 is 0 Å². The summed E-state index contributed by atoms with van der Waals surface area (Å²) in [6, 6.07) is 5.73. The van der Waals surface area contributed by atoms with Crippen molar-refractivity contribution in [2.24, 2.45) is 4.99 Å². The number of hydrogen-bond acceptors (Lipinski definition) is 1. The van der Waals surface area contributed by atoms with E-state index in [1.165, 1.54) is 31.7 Å². The van der Waals surface area contributed by atoms with Gasteiger partial charge in [0.2, 0.25) is 0 Å². The van der Waals surface area contributed by atoms with Gasteiger partial charge in [-0.15, -0.1) is 24.0 Å². The zero-order chi connectivity index (χ0) is 13.7. The molecule has 1 aromatic carbocycles. The molecule has 2 N–H and O–H groups in total. The molecule has 3 nitrogen and oxygen atoms in total. The second-order valence-electron chi connectivity index (χ2n) is 5.14. The number of nitrogens with one attached hydrogen (secondary N) is 2. The Kier molecular flexibility index (Phi) is 7.26. The van der Waals surface area contributed by atoms with Crippen LogP contribution in [0, 0.1) is 12.7 Å². The molecule has 5 heteroatoms. The van der Waals surface area contributed by atoms with E-state index in [-0.39, 0.29) is 29.8 Å². The third-order valence-corrected chi connectivity index (χ3v) is 3.60. The monoisotopic (exact) mass is 391 g/mol. The van der Waals surface area contributed by atoms with Gasteiger partial charge in [0.25, 0.3) is 0 Å². The lowest BCUT2D eigenvalue weighted by atomic mass is 10.1. The molecule has 0 spiro atoms. The van der Waals surface area contributed by atoms with Gasteiger partial charge >= 0.3 is 0 Å². The predicted octanol–water partition coefficient (Wildman–Crippen LogP) is 3.36. The van der Waals surface area contributed by atoms with Crippen LogP contribution in [0.25, 0.3) is 0 Å². The number of aliphatic imine (C=N–C) groups is 1. The molecule has 1 aliphatic rings. The minimum absolute atomic E-state index is 0. The van der Waals surface area contributed by atoms with E-state index in [0.29, 0.717) is 18.2 Å². The fourth-order valence-corrected chi connectivity index (χ4v) is 2.46. The van der Waals surface area contributed by atoms with Crippen molar-refractivity contribution in [3.63, 3.8) is 0 Å². The molecule has 2 rings (SSSR count). The molecule has 0 heterocycles. The second kappa shape index (κ2) is 8.44. The van der Waals surface area contributed by atoms with Gasteiger partial charge in [-0.2, -0.15) is 0 Å². The third kappa shape index (κ3) is 4.92. The summed E-state index contributed by atoms with van der Waals surface area (Å²) in [5.74, 6) is 0.672. The Bertz CT molecular complexity index is 456. The molecule has 1 fully saturated rings. The Morgan fingerprint density at radius 2 is 2.05 bits per heavy atom. The average Bonchev–Trinajstić information content (AvgIpc) is 2.91. The van der Waals surface area contributed by atoms with Gasteiger partial charge in [0.05, 0.1) is 0 Å². The molecule has 0 unspecified atom stereocenters.